The average Bonchev–Trinajstić information content (AvgIpc) is 3.30. The predicted octanol–water partition coefficient (Wildman–Crippen LogP) is -1.06. The Morgan fingerprint density at radius 3 is 2.54 bits per heavy atom. The zero-order chi connectivity index (χ0) is 26.9. The van der Waals surface area contributed by atoms with E-state index < -0.39 is 46.3 Å². The number of fused-ring (bicyclic) bond motifs is 1. The molecule has 0 radical (unpaired) electrons. The summed E-state index contributed by atoms with van der Waals surface area (Å²) >= 11 is 0. The molecule has 1 aromatic carbocycles. The van der Waals surface area contributed by atoms with E-state index in [1.807, 2.05) is 0 Å². The van der Waals surface area contributed by atoms with E-state index in [1.165, 1.54) is 46.0 Å². The van der Waals surface area contributed by atoms with Gasteiger partial charge in [-0.05, 0) is 24.6 Å². The molecule has 0 bridgehead atoms. The number of amides is 1. The van der Waals surface area contributed by atoms with Crippen LogP contribution < -0.4 is 16.6 Å². The Balaban J connectivity index is 1.42. The summed E-state index contributed by atoms with van der Waals surface area (Å²) in [6.07, 6.45) is 1.23. The van der Waals surface area contributed by atoms with Crippen LogP contribution in [0, 0.1) is 6.92 Å². The van der Waals surface area contributed by atoms with E-state index in [2.05, 4.69) is 10.3 Å². The number of carbonyl (C=O) groups is 2. The molecule has 0 atom stereocenters. The molecule has 4 rings (SSSR count). The van der Waals surface area contributed by atoms with E-state index in [0.717, 1.165) is 4.57 Å². The molecule has 3 aromatic rings. The number of hydrogen-bond acceptors (Lipinski definition) is 9. The average molecular weight is 535 g/mol. The van der Waals surface area contributed by atoms with Crippen molar-refractivity contribution in [1.29, 1.82) is 0 Å². The van der Waals surface area contributed by atoms with Gasteiger partial charge in [0.1, 0.15) is 6.54 Å². The van der Waals surface area contributed by atoms with Gasteiger partial charge in [-0.3, -0.25) is 23.5 Å². The molecule has 0 aliphatic carbocycles. The molecule has 3 heterocycles. The number of imidazole rings is 1. The summed E-state index contributed by atoms with van der Waals surface area (Å²) in [6, 6.07) is 4.40. The number of morpholine rings is 1. The fraction of sp³-hybridized carbons (Fsp3) is 0.409. The van der Waals surface area contributed by atoms with Gasteiger partial charge in [0.2, 0.25) is 10.0 Å². The largest absolute Gasteiger partial charge is 0.454 e. The molecule has 1 amide bonds. The molecule has 0 saturated carbocycles. The fourth-order valence-corrected chi connectivity index (χ4v) is 5.30. The molecule has 2 aromatic heterocycles. The van der Waals surface area contributed by atoms with Crippen LogP contribution in [0.1, 0.15) is 5.56 Å². The minimum atomic E-state index is -3.76. The first-order valence-electron chi connectivity index (χ1n) is 11.3. The molecule has 37 heavy (non-hydrogen) atoms. The van der Waals surface area contributed by atoms with Gasteiger partial charge < -0.3 is 19.4 Å². The lowest BCUT2D eigenvalue weighted by atomic mass is 10.2. The summed E-state index contributed by atoms with van der Waals surface area (Å²) in [6.45, 7) is 1.74. The van der Waals surface area contributed by atoms with Gasteiger partial charge in [-0.1, -0.05) is 6.07 Å². The zero-order valence-corrected chi connectivity index (χ0v) is 21.3. The monoisotopic (exact) mass is 534 g/mol. The summed E-state index contributed by atoms with van der Waals surface area (Å²) in [5, 5.41) is 2.57. The highest BCUT2D eigenvalue weighted by molar-refractivity contribution is 7.89. The number of sulfonamides is 1. The lowest BCUT2D eigenvalue weighted by Gasteiger charge is -2.26. The van der Waals surface area contributed by atoms with Crippen molar-refractivity contribution in [3.63, 3.8) is 0 Å². The number of anilines is 1. The Morgan fingerprint density at radius 1 is 1.14 bits per heavy atom. The maximum absolute atomic E-state index is 12.9. The van der Waals surface area contributed by atoms with E-state index >= 15 is 0 Å². The van der Waals surface area contributed by atoms with E-state index in [0.29, 0.717) is 18.8 Å². The van der Waals surface area contributed by atoms with Gasteiger partial charge in [0.25, 0.3) is 11.5 Å². The molecule has 1 aliphatic heterocycles. The second-order valence-corrected chi connectivity index (χ2v) is 10.4. The number of nitrogens with one attached hydrogen (secondary N) is 1. The minimum Gasteiger partial charge on any atom is -0.454 e. The summed E-state index contributed by atoms with van der Waals surface area (Å²) in [4.78, 5) is 53.4. The summed E-state index contributed by atoms with van der Waals surface area (Å²) in [7, 11) is -0.998. The van der Waals surface area contributed by atoms with Crippen LogP contribution in [0.2, 0.25) is 0 Å². The van der Waals surface area contributed by atoms with Crippen LogP contribution in [-0.4, -0.2) is 76.2 Å². The summed E-state index contributed by atoms with van der Waals surface area (Å²) in [5.74, 6) is -1.49. The number of esters is 1. The predicted molar refractivity (Wildman–Crippen MR) is 131 cm³/mol. The second kappa shape index (κ2) is 10.3. The molecular weight excluding hydrogens is 508 g/mol. The van der Waals surface area contributed by atoms with Crippen molar-refractivity contribution in [3.8, 4) is 0 Å². The van der Waals surface area contributed by atoms with Crippen molar-refractivity contribution in [2.75, 3.05) is 38.2 Å². The first-order valence-corrected chi connectivity index (χ1v) is 12.7. The smallest absolute Gasteiger partial charge is 0.332 e. The number of ether oxygens (including phenoxy) is 2. The lowest BCUT2D eigenvalue weighted by Crippen LogP contribution is -2.40. The third kappa shape index (κ3) is 5.19. The normalized spacial score (nSPS) is 14.6. The van der Waals surface area contributed by atoms with Gasteiger partial charge in [-0.15, -0.1) is 0 Å². The quantitative estimate of drug-likeness (QED) is 0.372. The number of carbonyl (C=O) groups excluding carboxylic acids is 2. The molecule has 1 N–H and O–H groups in total. The first kappa shape index (κ1) is 26.2. The Bertz CT molecular complexity index is 1600. The van der Waals surface area contributed by atoms with Gasteiger partial charge in [-0.25, -0.2) is 18.2 Å². The van der Waals surface area contributed by atoms with Crippen LogP contribution in [0.15, 0.2) is 39.0 Å². The van der Waals surface area contributed by atoms with Crippen molar-refractivity contribution >= 4 is 38.8 Å². The Morgan fingerprint density at radius 2 is 1.84 bits per heavy atom. The number of aryl methyl sites for hydroxylation is 2. The molecular formula is C22H26N6O8S. The van der Waals surface area contributed by atoms with E-state index in [9.17, 15) is 27.6 Å². The summed E-state index contributed by atoms with van der Waals surface area (Å²) < 4.78 is 40.7. The topological polar surface area (TPSA) is 164 Å². The van der Waals surface area contributed by atoms with Gasteiger partial charge in [-0.2, -0.15) is 4.31 Å². The fourth-order valence-electron chi connectivity index (χ4n) is 3.87. The minimum absolute atomic E-state index is 0.0234. The van der Waals surface area contributed by atoms with Crippen LogP contribution in [0.5, 0.6) is 0 Å². The van der Waals surface area contributed by atoms with Crippen LogP contribution >= 0.6 is 0 Å². The number of nitrogens with zero attached hydrogens (tertiary/aromatic N) is 5. The number of benzene rings is 1. The number of rotatable bonds is 7. The highest BCUT2D eigenvalue weighted by atomic mass is 32.2. The molecule has 1 aliphatic rings. The van der Waals surface area contributed by atoms with Crippen molar-refractivity contribution in [2.45, 2.75) is 18.4 Å². The molecule has 1 fully saturated rings. The van der Waals surface area contributed by atoms with E-state index in [-0.39, 0.29) is 34.8 Å². The molecule has 15 heteroatoms. The van der Waals surface area contributed by atoms with Gasteiger partial charge in [0, 0.05) is 32.9 Å². The molecule has 0 unspecified atom stereocenters. The third-order valence-electron chi connectivity index (χ3n) is 5.97. The first-order chi connectivity index (χ1) is 17.5. The van der Waals surface area contributed by atoms with Crippen LogP contribution in [0.3, 0.4) is 0 Å². The lowest BCUT2D eigenvalue weighted by molar-refractivity contribution is -0.147. The molecule has 0 spiro atoms. The highest BCUT2D eigenvalue weighted by Crippen LogP contribution is 2.23. The Labute approximate surface area is 211 Å². The number of aromatic nitrogens is 4. The maximum Gasteiger partial charge on any atom is 0.332 e. The van der Waals surface area contributed by atoms with Crippen molar-refractivity contribution in [1.82, 2.24) is 23.0 Å². The van der Waals surface area contributed by atoms with Crippen LogP contribution in [0.25, 0.3) is 11.2 Å². The third-order valence-corrected chi connectivity index (χ3v) is 7.87. The van der Waals surface area contributed by atoms with E-state index in [4.69, 9.17) is 9.47 Å². The van der Waals surface area contributed by atoms with Gasteiger partial charge >= 0.3 is 11.7 Å². The SMILES string of the molecule is Cc1ccc(S(=O)(=O)N2CCOCC2)cc1NC(=O)COC(=O)Cn1cnc2c1c(=O)n(C)c(=O)n2C. The van der Waals surface area contributed by atoms with Crippen molar-refractivity contribution < 1.29 is 27.5 Å². The Hall–Kier alpha value is -3.82. The highest BCUT2D eigenvalue weighted by Gasteiger charge is 2.27. The van der Waals surface area contributed by atoms with E-state index in [1.54, 1.807) is 13.0 Å². The van der Waals surface area contributed by atoms with Crippen LogP contribution in [-0.2, 0) is 49.7 Å². The van der Waals surface area contributed by atoms with Crippen molar-refractivity contribution in [2.24, 2.45) is 14.1 Å². The van der Waals surface area contributed by atoms with Gasteiger partial charge in [0.05, 0.1) is 24.4 Å². The standard InChI is InChI=1S/C22H26N6O8S/c1-14-4-5-15(37(33,34)28-6-8-35-9-7-28)10-16(14)24-17(29)12-36-18(30)11-27-13-23-20-19(27)21(31)26(3)22(32)25(20)2/h4-5,10,13H,6-9,11-12H2,1-3H3,(H,24,29). The maximum atomic E-state index is 12.9. The van der Waals surface area contributed by atoms with Crippen molar-refractivity contribution in [3.05, 3.63) is 50.9 Å². The molecule has 1 saturated heterocycles. The zero-order valence-electron chi connectivity index (χ0n) is 20.5. The Kier molecular flexibility index (Phi) is 7.29. The summed E-state index contributed by atoms with van der Waals surface area (Å²) in [5.41, 5.74) is -0.143. The molecule has 14 nitrogen and oxygen atoms in total. The van der Waals surface area contributed by atoms with Crippen LogP contribution in [0.4, 0.5) is 5.69 Å². The molecule has 198 valence electrons. The number of hydrogen-bond donors (Lipinski definition) is 1. The van der Waals surface area contributed by atoms with Gasteiger partial charge in [0.15, 0.2) is 17.8 Å². The second-order valence-electron chi connectivity index (χ2n) is 8.45.